The highest BCUT2D eigenvalue weighted by molar-refractivity contribution is 7.16. The number of carbonyl (C=O) groups excluding carboxylic acids is 2. The van der Waals surface area contributed by atoms with Gasteiger partial charge in [0, 0.05) is 17.8 Å². The van der Waals surface area contributed by atoms with Gasteiger partial charge in [0.15, 0.2) is 0 Å². The molecule has 0 spiro atoms. The predicted octanol–water partition coefficient (Wildman–Crippen LogP) is 2.09. The minimum Gasteiger partial charge on any atom is -0.462 e. The van der Waals surface area contributed by atoms with Crippen molar-refractivity contribution in [1.29, 1.82) is 0 Å². The Morgan fingerprint density at radius 3 is 2.58 bits per heavy atom. The Hall–Kier alpha value is -1.40. The molecule has 0 aliphatic heterocycles. The van der Waals surface area contributed by atoms with Gasteiger partial charge < -0.3 is 15.4 Å². The maximum atomic E-state index is 11.9. The molecule has 0 unspecified atom stereocenters. The summed E-state index contributed by atoms with van der Waals surface area (Å²) in [6.07, 6.45) is 0.370. The van der Waals surface area contributed by atoms with Gasteiger partial charge in [-0.15, -0.1) is 11.3 Å². The molecule has 2 N–H and O–H groups in total. The third kappa shape index (κ3) is 4.04. The topological polar surface area (TPSA) is 67.4 Å². The summed E-state index contributed by atoms with van der Waals surface area (Å²) in [5.41, 5.74) is 1.34. The molecule has 0 fully saturated rings. The van der Waals surface area contributed by atoms with E-state index in [0.29, 0.717) is 30.1 Å². The third-order valence-electron chi connectivity index (χ3n) is 2.72. The van der Waals surface area contributed by atoms with Gasteiger partial charge in [0.25, 0.3) is 0 Å². The number of esters is 1. The van der Waals surface area contributed by atoms with Crippen LogP contribution < -0.4 is 10.6 Å². The first kappa shape index (κ1) is 15.7. The van der Waals surface area contributed by atoms with Crippen LogP contribution in [-0.4, -0.2) is 32.1 Å². The molecular formula is C13H20N2O3S. The fraction of sp³-hybridized carbons (Fsp3) is 0.538. The lowest BCUT2D eigenvalue weighted by molar-refractivity contribution is -0.116. The molecule has 6 heteroatoms. The molecule has 0 aliphatic rings. The molecular weight excluding hydrogens is 264 g/mol. The van der Waals surface area contributed by atoms with Gasteiger partial charge in [0.1, 0.15) is 5.00 Å². The average molecular weight is 284 g/mol. The van der Waals surface area contributed by atoms with Crippen molar-refractivity contribution in [2.45, 2.75) is 27.2 Å². The standard InChI is InChI=1S/C13H20N2O3S/c1-5-18-13(17)11-8(2)9(3)19-12(11)15-10(16)6-7-14-4/h14H,5-7H2,1-4H3,(H,15,16). The molecule has 1 aromatic rings. The first-order chi connectivity index (χ1) is 9.01. The van der Waals surface area contributed by atoms with Crippen LogP contribution in [0.25, 0.3) is 0 Å². The first-order valence-electron chi connectivity index (χ1n) is 6.22. The summed E-state index contributed by atoms with van der Waals surface area (Å²) >= 11 is 1.40. The van der Waals surface area contributed by atoms with Gasteiger partial charge in [-0.25, -0.2) is 4.79 Å². The number of amides is 1. The van der Waals surface area contributed by atoms with Gasteiger partial charge in [-0.3, -0.25) is 4.79 Å². The van der Waals surface area contributed by atoms with Crippen molar-refractivity contribution >= 4 is 28.2 Å². The van der Waals surface area contributed by atoms with Crippen LogP contribution in [0.5, 0.6) is 0 Å². The van der Waals surface area contributed by atoms with Crippen molar-refractivity contribution < 1.29 is 14.3 Å². The minimum absolute atomic E-state index is 0.110. The highest BCUT2D eigenvalue weighted by atomic mass is 32.1. The van der Waals surface area contributed by atoms with Crippen molar-refractivity contribution in [2.24, 2.45) is 0 Å². The van der Waals surface area contributed by atoms with Crippen molar-refractivity contribution in [2.75, 3.05) is 25.5 Å². The van der Waals surface area contributed by atoms with E-state index in [1.54, 1.807) is 14.0 Å². The maximum Gasteiger partial charge on any atom is 0.341 e. The highest BCUT2D eigenvalue weighted by Gasteiger charge is 2.21. The Bertz CT molecular complexity index is 469. The van der Waals surface area contributed by atoms with E-state index in [9.17, 15) is 9.59 Å². The second kappa shape index (κ2) is 7.25. The summed E-state index contributed by atoms with van der Waals surface area (Å²) in [4.78, 5) is 24.7. The van der Waals surface area contributed by atoms with Crippen LogP contribution in [0.15, 0.2) is 0 Å². The number of hydrogen-bond acceptors (Lipinski definition) is 5. The molecule has 1 heterocycles. The number of hydrogen-bond donors (Lipinski definition) is 2. The summed E-state index contributed by atoms with van der Waals surface area (Å²) in [5.74, 6) is -0.491. The molecule has 5 nitrogen and oxygen atoms in total. The lowest BCUT2D eigenvalue weighted by atomic mass is 10.1. The smallest absolute Gasteiger partial charge is 0.341 e. The fourth-order valence-electron chi connectivity index (χ4n) is 1.59. The molecule has 1 aromatic heterocycles. The minimum atomic E-state index is -0.381. The molecule has 0 bridgehead atoms. The van der Waals surface area contributed by atoms with E-state index in [0.717, 1.165) is 10.4 Å². The fourth-order valence-corrected chi connectivity index (χ4v) is 2.66. The summed E-state index contributed by atoms with van der Waals surface area (Å²) in [6.45, 7) is 6.47. The van der Waals surface area contributed by atoms with Gasteiger partial charge in [0.2, 0.25) is 5.91 Å². The number of anilines is 1. The van der Waals surface area contributed by atoms with E-state index in [1.165, 1.54) is 11.3 Å². The summed E-state index contributed by atoms with van der Waals surface area (Å²) in [6, 6.07) is 0. The Balaban J connectivity index is 2.91. The second-order valence-corrected chi connectivity index (χ2v) is 5.33. The zero-order valence-electron chi connectivity index (χ0n) is 11.8. The number of aryl methyl sites for hydroxylation is 1. The van der Waals surface area contributed by atoms with Crippen LogP contribution in [0, 0.1) is 13.8 Å². The molecule has 0 atom stereocenters. The van der Waals surface area contributed by atoms with Gasteiger partial charge in [-0.05, 0) is 33.4 Å². The van der Waals surface area contributed by atoms with Gasteiger partial charge in [0.05, 0.1) is 12.2 Å². The van der Waals surface area contributed by atoms with Crippen LogP contribution in [-0.2, 0) is 9.53 Å². The summed E-state index contributed by atoms with van der Waals surface area (Å²) < 4.78 is 5.03. The van der Waals surface area contributed by atoms with E-state index >= 15 is 0 Å². The van der Waals surface area contributed by atoms with Crippen LogP contribution in [0.1, 0.15) is 34.1 Å². The average Bonchev–Trinajstić information content (AvgIpc) is 2.62. The number of ether oxygens (including phenoxy) is 1. The zero-order valence-corrected chi connectivity index (χ0v) is 12.6. The molecule has 0 radical (unpaired) electrons. The lowest BCUT2D eigenvalue weighted by Crippen LogP contribution is -2.19. The Labute approximate surface area is 117 Å². The third-order valence-corrected chi connectivity index (χ3v) is 3.84. The van der Waals surface area contributed by atoms with Crippen molar-refractivity contribution in [3.05, 3.63) is 16.0 Å². The van der Waals surface area contributed by atoms with E-state index in [1.807, 2.05) is 13.8 Å². The highest BCUT2D eigenvalue weighted by Crippen LogP contribution is 2.33. The number of nitrogens with one attached hydrogen (secondary N) is 2. The number of thiophene rings is 1. The molecule has 0 aliphatic carbocycles. The van der Waals surface area contributed by atoms with Crippen LogP contribution >= 0.6 is 11.3 Å². The van der Waals surface area contributed by atoms with E-state index < -0.39 is 0 Å². The first-order valence-corrected chi connectivity index (χ1v) is 7.04. The van der Waals surface area contributed by atoms with E-state index in [-0.39, 0.29) is 11.9 Å². The van der Waals surface area contributed by atoms with Crippen LogP contribution in [0.2, 0.25) is 0 Å². The van der Waals surface area contributed by atoms with Crippen LogP contribution in [0.3, 0.4) is 0 Å². The molecule has 1 rings (SSSR count). The van der Waals surface area contributed by atoms with Crippen molar-refractivity contribution in [1.82, 2.24) is 5.32 Å². The Morgan fingerprint density at radius 2 is 2.00 bits per heavy atom. The number of carbonyl (C=O) groups is 2. The second-order valence-electron chi connectivity index (χ2n) is 4.11. The molecule has 0 saturated heterocycles. The summed E-state index contributed by atoms with van der Waals surface area (Å²) in [5, 5.41) is 6.27. The molecule has 1 amide bonds. The predicted molar refractivity (Wildman–Crippen MR) is 76.9 cm³/mol. The number of rotatable bonds is 6. The normalized spacial score (nSPS) is 10.3. The van der Waals surface area contributed by atoms with Crippen molar-refractivity contribution in [3.63, 3.8) is 0 Å². The maximum absolute atomic E-state index is 11.9. The molecule has 106 valence electrons. The largest absolute Gasteiger partial charge is 0.462 e. The quantitative estimate of drug-likeness (QED) is 0.785. The van der Waals surface area contributed by atoms with E-state index in [4.69, 9.17) is 4.74 Å². The Kier molecular flexibility index (Phi) is 5.98. The monoisotopic (exact) mass is 284 g/mol. The molecule has 0 aromatic carbocycles. The van der Waals surface area contributed by atoms with Crippen LogP contribution in [0.4, 0.5) is 5.00 Å². The van der Waals surface area contributed by atoms with Gasteiger partial charge in [-0.1, -0.05) is 0 Å². The van der Waals surface area contributed by atoms with Gasteiger partial charge in [-0.2, -0.15) is 0 Å². The van der Waals surface area contributed by atoms with Gasteiger partial charge >= 0.3 is 5.97 Å². The lowest BCUT2D eigenvalue weighted by Gasteiger charge is -2.07. The summed E-state index contributed by atoms with van der Waals surface area (Å²) in [7, 11) is 1.79. The Morgan fingerprint density at radius 1 is 1.32 bits per heavy atom. The zero-order chi connectivity index (χ0) is 14.4. The van der Waals surface area contributed by atoms with E-state index in [2.05, 4.69) is 10.6 Å². The molecule has 19 heavy (non-hydrogen) atoms. The molecule has 0 saturated carbocycles. The SMILES string of the molecule is CCOC(=O)c1c(NC(=O)CCNC)sc(C)c1C. The van der Waals surface area contributed by atoms with Crippen molar-refractivity contribution in [3.8, 4) is 0 Å².